The Morgan fingerprint density at radius 3 is 2.89 bits per heavy atom. The maximum absolute atomic E-state index is 10.0. The van der Waals surface area contributed by atoms with Crippen molar-refractivity contribution in [2.24, 2.45) is 0 Å². The fraction of sp³-hybridized carbons (Fsp3) is 0.643. The summed E-state index contributed by atoms with van der Waals surface area (Å²) in [4.78, 5) is 4.06. The highest BCUT2D eigenvalue weighted by Gasteiger charge is 2.24. The van der Waals surface area contributed by atoms with Crippen LogP contribution in [0.4, 0.5) is 0 Å². The van der Waals surface area contributed by atoms with Crippen molar-refractivity contribution in [1.82, 2.24) is 10.3 Å². The Hall–Kier alpha value is -1.17. The quantitative estimate of drug-likeness (QED) is 0.748. The largest absolute Gasteiger partial charge is 0.506 e. The van der Waals surface area contributed by atoms with Gasteiger partial charge in [-0.2, -0.15) is 0 Å². The number of nitrogens with one attached hydrogen (secondary N) is 1. The molecule has 1 heterocycles. The summed E-state index contributed by atoms with van der Waals surface area (Å²) >= 11 is 0. The minimum absolute atomic E-state index is 0.108. The summed E-state index contributed by atoms with van der Waals surface area (Å²) < 4.78 is 5.34. The molecule has 2 unspecified atom stereocenters. The number of nitrogens with zero attached hydrogens (tertiary/aromatic N) is 1. The van der Waals surface area contributed by atoms with Gasteiger partial charge in [0.1, 0.15) is 5.75 Å². The first-order valence-electron chi connectivity index (χ1n) is 6.69. The molecule has 2 atom stereocenters. The SMILES string of the molecule is COC1CCC(NCc2c(CO)cnc(C)c2O)C1. The minimum atomic E-state index is -0.108. The molecule has 5 heteroatoms. The second kappa shape index (κ2) is 6.32. The van der Waals surface area contributed by atoms with Crippen LogP contribution in [0.15, 0.2) is 6.20 Å². The molecule has 1 aliphatic carbocycles. The van der Waals surface area contributed by atoms with Crippen molar-refractivity contribution in [2.75, 3.05) is 7.11 Å². The minimum Gasteiger partial charge on any atom is -0.506 e. The van der Waals surface area contributed by atoms with Crippen LogP contribution >= 0.6 is 0 Å². The molecular formula is C14H22N2O3. The fourth-order valence-electron chi connectivity index (χ4n) is 2.60. The lowest BCUT2D eigenvalue weighted by Gasteiger charge is -2.16. The third kappa shape index (κ3) is 3.23. The van der Waals surface area contributed by atoms with Crippen molar-refractivity contribution in [3.05, 3.63) is 23.0 Å². The van der Waals surface area contributed by atoms with Crippen LogP contribution in [0.2, 0.25) is 0 Å². The van der Waals surface area contributed by atoms with Gasteiger partial charge in [-0.1, -0.05) is 0 Å². The average Bonchev–Trinajstić information content (AvgIpc) is 2.88. The van der Waals surface area contributed by atoms with Crippen LogP contribution in [0.3, 0.4) is 0 Å². The van der Waals surface area contributed by atoms with E-state index >= 15 is 0 Å². The van der Waals surface area contributed by atoms with Gasteiger partial charge in [0.05, 0.1) is 18.4 Å². The van der Waals surface area contributed by atoms with Gasteiger partial charge >= 0.3 is 0 Å². The number of hydrogen-bond acceptors (Lipinski definition) is 5. The number of methoxy groups -OCH3 is 1. The predicted octanol–water partition coefficient (Wildman–Crippen LogP) is 1.25. The number of aliphatic hydroxyl groups excluding tert-OH is 1. The molecule has 19 heavy (non-hydrogen) atoms. The summed E-state index contributed by atoms with van der Waals surface area (Å²) in [6.45, 7) is 2.20. The van der Waals surface area contributed by atoms with E-state index in [1.54, 1.807) is 20.2 Å². The molecule has 5 nitrogen and oxygen atoms in total. The van der Waals surface area contributed by atoms with Crippen LogP contribution in [0.1, 0.15) is 36.1 Å². The summed E-state index contributed by atoms with van der Waals surface area (Å²) in [6.07, 6.45) is 5.11. The Morgan fingerprint density at radius 1 is 1.47 bits per heavy atom. The van der Waals surface area contributed by atoms with Crippen molar-refractivity contribution >= 4 is 0 Å². The molecule has 0 amide bonds. The van der Waals surface area contributed by atoms with Crippen LogP contribution in [0.5, 0.6) is 5.75 Å². The van der Waals surface area contributed by atoms with E-state index in [0.29, 0.717) is 29.9 Å². The molecule has 0 aromatic carbocycles. The van der Waals surface area contributed by atoms with Gasteiger partial charge in [0, 0.05) is 37.0 Å². The van der Waals surface area contributed by atoms with Crippen LogP contribution in [-0.2, 0) is 17.9 Å². The maximum Gasteiger partial charge on any atom is 0.141 e. The van der Waals surface area contributed by atoms with E-state index < -0.39 is 0 Å². The highest BCUT2D eigenvalue weighted by molar-refractivity contribution is 5.40. The summed E-state index contributed by atoms with van der Waals surface area (Å²) in [5.41, 5.74) is 2.02. The molecule has 1 saturated carbocycles. The number of aliphatic hydroxyl groups is 1. The van der Waals surface area contributed by atoms with Gasteiger partial charge in [-0.15, -0.1) is 0 Å². The number of hydrogen-bond donors (Lipinski definition) is 3. The van der Waals surface area contributed by atoms with Crippen molar-refractivity contribution in [3.8, 4) is 5.75 Å². The molecule has 0 aliphatic heterocycles. The molecule has 0 bridgehead atoms. The Bertz CT molecular complexity index is 437. The van der Waals surface area contributed by atoms with Crippen molar-refractivity contribution in [3.63, 3.8) is 0 Å². The third-order valence-corrected chi connectivity index (χ3v) is 3.89. The zero-order valence-corrected chi connectivity index (χ0v) is 11.5. The van der Waals surface area contributed by atoms with Crippen molar-refractivity contribution in [2.45, 2.75) is 51.5 Å². The van der Waals surface area contributed by atoms with Gasteiger partial charge < -0.3 is 20.3 Å². The number of pyridine rings is 1. The Morgan fingerprint density at radius 2 is 2.26 bits per heavy atom. The first-order chi connectivity index (χ1) is 9.15. The van der Waals surface area contributed by atoms with Crippen LogP contribution in [-0.4, -0.2) is 34.5 Å². The van der Waals surface area contributed by atoms with E-state index in [2.05, 4.69) is 10.3 Å². The number of aromatic hydroxyl groups is 1. The molecule has 1 fully saturated rings. The van der Waals surface area contributed by atoms with E-state index in [9.17, 15) is 10.2 Å². The molecule has 2 rings (SSSR count). The third-order valence-electron chi connectivity index (χ3n) is 3.89. The maximum atomic E-state index is 10.0. The van der Waals surface area contributed by atoms with Crippen LogP contribution < -0.4 is 5.32 Å². The molecule has 106 valence electrons. The van der Waals surface area contributed by atoms with E-state index in [0.717, 1.165) is 24.8 Å². The Labute approximate surface area is 113 Å². The molecular weight excluding hydrogens is 244 g/mol. The summed E-state index contributed by atoms with van der Waals surface area (Å²) in [6, 6.07) is 0.407. The number of aromatic nitrogens is 1. The zero-order valence-electron chi connectivity index (χ0n) is 11.5. The Kier molecular flexibility index (Phi) is 4.74. The highest BCUT2D eigenvalue weighted by atomic mass is 16.5. The monoisotopic (exact) mass is 266 g/mol. The van der Waals surface area contributed by atoms with Crippen molar-refractivity contribution in [1.29, 1.82) is 0 Å². The van der Waals surface area contributed by atoms with E-state index in [1.807, 2.05) is 0 Å². The fourth-order valence-corrected chi connectivity index (χ4v) is 2.60. The lowest BCUT2D eigenvalue weighted by molar-refractivity contribution is 0.107. The molecule has 1 aromatic rings. The van der Waals surface area contributed by atoms with Gasteiger partial charge in [-0.05, 0) is 26.2 Å². The van der Waals surface area contributed by atoms with Gasteiger partial charge in [-0.3, -0.25) is 4.98 Å². The van der Waals surface area contributed by atoms with Crippen molar-refractivity contribution < 1.29 is 14.9 Å². The molecule has 0 spiro atoms. The number of aryl methyl sites for hydroxylation is 1. The standard InChI is InChI=1S/C14H22N2O3/c1-9-14(18)13(10(8-17)6-15-9)7-16-11-3-4-12(5-11)19-2/h6,11-12,16-18H,3-5,7-8H2,1-2H3. The van der Waals surface area contributed by atoms with Gasteiger partial charge in [0.25, 0.3) is 0 Å². The lowest BCUT2D eigenvalue weighted by atomic mass is 10.1. The van der Waals surface area contributed by atoms with E-state index in [1.165, 1.54) is 0 Å². The molecule has 1 aromatic heterocycles. The zero-order chi connectivity index (χ0) is 13.8. The molecule has 3 N–H and O–H groups in total. The molecule has 0 radical (unpaired) electrons. The second-order valence-electron chi connectivity index (χ2n) is 5.10. The smallest absolute Gasteiger partial charge is 0.141 e. The lowest BCUT2D eigenvalue weighted by Crippen LogP contribution is -2.27. The highest BCUT2D eigenvalue weighted by Crippen LogP contribution is 2.26. The van der Waals surface area contributed by atoms with Gasteiger partial charge in [-0.25, -0.2) is 0 Å². The summed E-state index contributed by atoms with van der Waals surface area (Å²) in [7, 11) is 1.75. The van der Waals surface area contributed by atoms with E-state index in [4.69, 9.17) is 4.74 Å². The predicted molar refractivity (Wildman–Crippen MR) is 71.8 cm³/mol. The summed E-state index contributed by atoms with van der Waals surface area (Å²) in [5, 5.41) is 22.8. The normalized spacial score (nSPS) is 22.9. The van der Waals surface area contributed by atoms with Gasteiger partial charge in [0.15, 0.2) is 0 Å². The number of ether oxygens (including phenoxy) is 1. The average molecular weight is 266 g/mol. The topological polar surface area (TPSA) is 74.6 Å². The Balaban J connectivity index is 2.01. The number of rotatable bonds is 5. The van der Waals surface area contributed by atoms with Crippen LogP contribution in [0.25, 0.3) is 0 Å². The first kappa shape index (κ1) is 14.2. The second-order valence-corrected chi connectivity index (χ2v) is 5.10. The first-order valence-corrected chi connectivity index (χ1v) is 6.69. The molecule has 0 saturated heterocycles. The van der Waals surface area contributed by atoms with E-state index in [-0.39, 0.29) is 12.4 Å². The van der Waals surface area contributed by atoms with Crippen LogP contribution in [0, 0.1) is 6.92 Å². The molecule has 1 aliphatic rings. The summed E-state index contributed by atoms with van der Waals surface area (Å²) in [5.74, 6) is 0.181. The van der Waals surface area contributed by atoms with Gasteiger partial charge in [0.2, 0.25) is 0 Å².